The SMILES string of the molecule is CCCCCC(C)O[SiH](OCC)OCC. The van der Waals surface area contributed by atoms with Gasteiger partial charge in [-0.05, 0) is 27.2 Å². The lowest BCUT2D eigenvalue weighted by atomic mass is 10.1. The first kappa shape index (κ1) is 15.1. The smallest absolute Gasteiger partial charge is 0.376 e. The van der Waals surface area contributed by atoms with Crippen molar-refractivity contribution in [1.82, 2.24) is 0 Å². The van der Waals surface area contributed by atoms with Gasteiger partial charge in [0.1, 0.15) is 0 Å². The second-order valence-electron chi connectivity index (χ2n) is 3.64. The number of hydrogen-bond acceptors (Lipinski definition) is 3. The first-order valence-electron chi connectivity index (χ1n) is 6.13. The van der Waals surface area contributed by atoms with Crippen molar-refractivity contribution in [3.63, 3.8) is 0 Å². The number of unbranched alkanes of at least 4 members (excludes halogenated alkanes) is 2. The van der Waals surface area contributed by atoms with Gasteiger partial charge in [0.05, 0.1) is 0 Å². The maximum absolute atomic E-state index is 5.77. The molecular formula is C11H26O3Si. The van der Waals surface area contributed by atoms with E-state index in [0.717, 1.165) is 6.42 Å². The van der Waals surface area contributed by atoms with E-state index in [1.807, 2.05) is 13.8 Å². The molecule has 0 aliphatic heterocycles. The molecule has 0 N–H and O–H groups in total. The molecule has 0 spiro atoms. The highest BCUT2D eigenvalue weighted by Gasteiger charge is 2.17. The van der Waals surface area contributed by atoms with Gasteiger partial charge >= 0.3 is 9.53 Å². The molecule has 0 amide bonds. The van der Waals surface area contributed by atoms with Gasteiger partial charge in [0, 0.05) is 19.3 Å². The lowest BCUT2D eigenvalue weighted by Crippen LogP contribution is -2.31. The fourth-order valence-corrected chi connectivity index (χ4v) is 2.65. The Morgan fingerprint density at radius 1 is 1.00 bits per heavy atom. The Morgan fingerprint density at radius 2 is 1.60 bits per heavy atom. The maximum atomic E-state index is 5.77. The summed E-state index contributed by atoms with van der Waals surface area (Å²) < 4.78 is 16.7. The number of hydrogen-bond donors (Lipinski definition) is 0. The Kier molecular flexibility index (Phi) is 10.7. The van der Waals surface area contributed by atoms with Gasteiger partial charge in [-0.2, -0.15) is 0 Å². The topological polar surface area (TPSA) is 27.7 Å². The van der Waals surface area contributed by atoms with E-state index in [2.05, 4.69) is 13.8 Å². The molecular weight excluding hydrogens is 208 g/mol. The van der Waals surface area contributed by atoms with Crippen LogP contribution in [-0.2, 0) is 13.3 Å². The highest BCUT2D eigenvalue weighted by molar-refractivity contribution is 6.36. The van der Waals surface area contributed by atoms with Gasteiger partial charge in [-0.3, -0.25) is 0 Å². The Balaban J connectivity index is 3.62. The molecule has 0 aromatic rings. The summed E-state index contributed by atoms with van der Waals surface area (Å²) in [6, 6.07) is 0. The van der Waals surface area contributed by atoms with E-state index in [1.165, 1.54) is 19.3 Å². The maximum Gasteiger partial charge on any atom is 0.484 e. The van der Waals surface area contributed by atoms with Gasteiger partial charge in [0.2, 0.25) is 0 Å². The molecule has 0 bridgehead atoms. The molecule has 1 unspecified atom stereocenters. The minimum Gasteiger partial charge on any atom is -0.376 e. The summed E-state index contributed by atoms with van der Waals surface area (Å²) >= 11 is 0. The summed E-state index contributed by atoms with van der Waals surface area (Å²) in [5, 5.41) is 0. The summed E-state index contributed by atoms with van der Waals surface area (Å²) in [6.45, 7) is 9.63. The van der Waals surface area contributed by atoms with Crippen molar-refractivity contribution in [2.24, 2.45) is 0 Å². The zero-order valence-electron chi connectivity index (χ0n) is 10.6. The minimum absolute atomic E-state index is 0.270. The van der Waals surface area contributed by atoms with Crippen LogP contribution in [0.5, 0.6) is 0 Å². The summed E-state index contributed by atoms with van der Waals surface area (Å²) in [5.41, 5.74) is 0. The van der Waals surface area contributed by atoms with E-state index in [0.29, 0.717) is 13.2 Å². The molecule has 0 saturated heterocycles. The molecule has 0 heterocycles. The van der Waals surface area contributed by atoms with E-state index < -0.39 is 9.53 Å². The van der Waals surface area contributed by atoms with E-state index in [1.54, 1.807) is 0 Å². The quantitative estimate of drug-likeness (QED) is 0.430. The molecule has 0 aliphatic rings. The van der Waals surface area contributed by atoms with Crippen LogP contribution in [0.25, 0.3) is 0 Å². The van der Waals surface area contributed by atoms with E-state index in [9.17, 15) is 0 Å². The Labute approximate surface area is 96.1 Å². The van der Waals surface area contributed by atoms with E-state index in [-0.39, 0.29) is 6.10 Å². The molecule has 15 heavy (non-hydrogen) atoms. The Hall–Kier alpha value is 0.0969. The lowest BCUT2D eigenvalue weighted by molar-refractivity contribution is 0.0659. The van der Waals surface area contributed by atoms with Crippen molar-refractivity contribution in [2.45, 2.75) is 59.5 Å². The largest absolute Gasteiger partial charge is 0.484 e. The molecule has 1 atom stereocenters. The van der Waals surface area contributed by atoms with Crippen molar-refractivity contribution in [2.75, 3.05) is 13.2 Å². The van der Waals surface area contributed by atoms with Crippen LogP contribution in [0.15, 0.2) is 0 Å². The van der Waals surface area contributed by atoms with Gasteiger partial charge in [-0.25, -0.2) is 0 Å². The van der Waals surface area contributed by atoms with Crippen LogP contribution in [0.3, 0.4) is 0 Å². The second kappa shape index (κ2) is 10.6. The first-order chi connectivity index (χ1) is 7.24. The van der Waals surface area contributed by atoms with Crippen LogP contribution in [0.1, 0.15) is 53.4 Å². The predicted octanol–water partition coefficient (Wildman–Crippen LogP) is 2.76. The van der Waals surface area contributed by atoms with Crippen molar-refractivity contribution in [3.8, 4) is 0 Å². The highest BCUT2D eigenvalue weighted by atomic mass is 28.3. The monoisotopic (exact) mass is 234 g/mol. The van der Waals surface area contributed by atoms with E-state index >= 15 is 0 Å². The van der Waals surface area contributed by atoms with Crippen molar-refractivity contribution in [3.05, 3.63) is 0 Å². The van der Waals surface area contributed by atoms with Crippen molar-refractivity contribution < 1.29 is 13.3 Å². The average molecular weight is 234 g/mol. The average Bonchev–Trinajstić information content (AvgIpc) is 2.19. The summed E-state index contributed by atoms with van der Waals surface area (Å²) in [7, 11) is -1.84. The standard InChI is InChI=1S/C11H26O3Si/c1-5-8-9-10-11(4)14-15(12-6-2)13-7-3/h11,15H,5-10H2,1-4H3. The molecule has 0 aromatic carbocycles. The van der Waals surface area contributed by atoms with Gasteiger partial charge < -0.3 is 13.3 Å². The van der Waals surface area contributed by atoms with Crippen LogP contribution in [0.2, 0.25) is 0 Å². The van der Waals surface area contributed by atoms with Crippen LogP contribution in [0, 0.1) is 0 Å². The highest BCUT2D eigenvalue weighted by Crippen LogP contribution is 2.08. The third kappa shape index (κ3) is 9.05. The first-order valence-corrected chi connectivity index (χ1v) is 7.54. The molecule has 4 heteroatoms. The molecule has 0 radical (unpaired) electrons. The molecule has 0 aromatic heterocycles. The Morgan fingerprint density at radius 3 is 2.07 bits per heavy atom. The zero-order valence-corrected chi connectivity index (χ0v) is 11.8. The van der Waals surface area contributed by atoms with Crippen molar-refractivity contribution >= 4 is 9.53 Å². The fourth-order valence-electron chi connectivity index (χ4n) is 1.34. The third-order valence-electron chi connectivity index (χ3n) is 2.16. The second-order valence-corrected chi connectivity index (χ2v) is 5.16. The van der Waals surface area contributed by atoms with Crippen LogP contribution < -0.4 is 0 Å². The fraction of sp³-hybridized carbons (Fsp3) is 1.00. The van der Waals surface area contributed by atoms with Crippen LogP contribution in [-0.4, -0.2) is 28.8 Å². The minimum atomic E-state index is -1.84. The molecule has 92 valence electrons. The number of rotatable bonds is 10. The van der Waals surface area contributed by atoms with E-state index in [4.69, 9.17) is 13.3 Å². The third-order valence-corrected chi connectivity index (χ3v) is 4.06. The van der Waals surface area contributed by atoms with Crippen LogP contribution >= 0.6 is 0 Å². The van der Waals surface area contributed by atoms with Crippen molar-refractivity contribution in [1.29, 1.82) is 0 Å². The normalized spacial score (nSPS) is 13.4. The molecule has 0 saturated carbocycles. The van der Waals surface area contributed by atoms with Gasteiger partial charge in [-0.1, -0.05) is 26.2 Å². The van der Waals surface area contributed by atoms with Gasteiger partial charge in [0.25, 0.3) is 0 Å². The molecule has 0 fully saturated rings. The summed E-state index contributed by atoms with van der Waals surface area (Å²) in [4.78, 5) is 0. The van der Waals surface area contributed by atoms with Gasteiger partial charge in [-0.15, -0.1) is 0 Å². The van der Waals surface area contributed by atoms with Crippen LogP contribution in [0.4, 0.5) is 0 Å². The summed E-state index contributed by atoms with van der Waals surface area (Å²) in [6.07, 6.45) is 5.15. The molecule has 0 aliphatic carbocycles. The molecule has 0 rings (SSSR count). The Bertz CT molecular complexity index is 127. The zero-order chi connectivity index (χ0) is 11.5. The summed E-state index contributed by atoms with van der Waals surface area (Å²) in [5.74, 6) is 0. The molecule has 3 nitrogen and oxygen atoms in total. The predicted molar refractivity (Wildman–Crippen MR) is 65.1 cm³/mol. The van der Waals surface area contributed by atoms with Gasteiger partial charge in [0.15, 0.2) is 0 Å². The lowest BCUT2D eigenvalue weighted by Gasteiger charge is -2.19.